The van der Waals surface area contributed by atoms with Crippen LogP contribution in [0.1, 0.15) is 30.4 Å². The molecule has 0 bridgehead atoms. The molecule has 6 heteroatoms. The molecule has 3 rings (SSSR count). The molecule has 1 aromatic heterocycles. The molecule has 1 aliphatic carbocycles. The number of allylic oxidation sites excluding steroid dienone is 2. The second-order valence-electron chi connectivity index (χ2n) is 6.08. The minimum absolute atomic E-state index is 0.111. The zero-order valence-corrected chi connectivity index (χ0v) is 13.7. The summed E-state index contributed by atoms with van der Waals surface area (Å²) in [6.07, 6.45) is 10.9. The summed E-state index contributed by atoms with van der Waals surface area (Å²) in [4.78, 5) is 16.0. The fraction of sp³-hybridized carbons (Fsp3) is 0.389. The Morgan fingerprint density at radius 3 is 2.83 bits per heavy atom. The molecule has 0 aliphatic heterocycles. The first-order chi connectivity index (χ1) is 11.8. The van der Waals surface area contributed by atoms with Crippen molar-refractivity contribution in [3.8, 4) is 0 Å². The molecule has 2 aromatic rings. The lowest BCUT2D eigenvalue weighted by atomic mass is 9.94. The first kappa shape index (κ1) is 16.2. The van der Waals surface area contributed by atoms with Crippen molar-refractivity contribution in [2.75, 3.05) is 6.54 Å². The summed E-state index contributed by atoms with van der Waals surface area (Å²) in [5.74, 6) is 0.556. The van der Waals surface area contributed by atoms with Crippen LogP contribution in [-0.2, 0) is 13.1 Å². The van der Waals surface area contributed by atoms with Gasteiger partial charge in [-0.1, -0.05) is 36.4 Å². The van der Waals surface area contributed by atoms with Crippen LogP contribution in [0.5, 0.6) is 0 Å². The molecular weight excluding hydrogens is 302 g/mol. The summed E-state index contributed by atoms with van der Waals surface area (Å²) < 4.78 is 1.77. The Hall–Kier alpha value is -2.63. The summed E-state index contributed by atoms with van der Waals surface area (Å²) in [5, 5.41) is 10.1. The van der Waals surface area contributed by atoms with Crippen LogP contribution in [0, 0.1) is 5.92 Å². The lowest BCUT2D eigenvalue weighted by Crippen LogP contribution is -2.38. The first-order valence-corrected chi connectivity index (χ1v) is 8.37. The van der Waals surface area contributed by atoms with E-state index >= 15 is 0 Å². The van der Waals surface area contributed by atoms with Crippen LogP contribution in [0.4, 0.5) is 4.79 Å². The first-order valence-electron chi connectivity index (χ1n) is 8.37. The van der Waals surface area contributed by atoms with E-state index in [2.05, 4.69) is 32.9 Å². The fourth-order valence-electron chi connectivity index (χ4n) is 2.89. The molecule has 126 valence electrons. The number of urea groups is 1. The summed E-state index contributed by atoms with van der Waals surface area (Å²) >= 11 is 0. The molecule has 24 heavy (non-hydrogen) atoms. The highest BCUT2D eigenvalue weighted by Crippen LogP contribution is 2.16. The van der Waals surface area contributed by atoms with Gasteiger partial charge in [0.1, 0.15) is 12.7 Å². The van der Waals surface area contributed by atoms with Crippen molar-refractivity contribution in [2.45, 2.75) is 32.4 Å². The predicted octanol–water partition coefficient (Wildman–Crippen LogP) is 2.48. The number of benzene rings is 1. The largest absolute Gasteiger partial charge is 0.338 e. The van der Waals surface area contributed by atoms with Crippen molar-refractivity contribution in [1.29, 1.82) is 0 Å². The number of hydrogen-bond donors (Lipinski definition) is 2. The van der Waals surface area contributed by atoms with E-state index in [-0.39, 0.29) is 6.03 Å². The second-order valence-corrected chi connectivity index (χ2v) is 6.08. The monoisotopic (exact) mass is 325 g/mol. The number of aromatic nitrogens is 3. The Morgan fingerprint density at radius 2 is 2.08 bits per heavy atom. The third kappa shape index (κ3) is 4.68. The van der Waals surface area contributed by atoms with Gasteiger partial charge in [-0.3, -0.25) is 0 Å². The third-order valence-corrected chi connectivity index (χ3v) is 4.29. The maximum atomic E-state index is 12.0. The van der Waals surface area contributed by atoms with Gasteiger partial charge in [0.25, 0.3) is 0 Å². The molecule has 2 amide bonds. The van der Waals surface area contributed by atoms with Gasteiger partial charge in [-0.05, 0) is 36.3 Å². The van der Waals surface area contributed by atoms with Gasteiger partial charge < -0.3 is 10.6 Å². The Morgan fingerprint density at radius 1 is 1.21 bits per heavy atom. The van der Waals surface area contributed by atoms with Gasteiger partial charge in [0.15, 0.2) is 0 Å². The highest BCUT2D eigenvalue weighted by Gasteiger charge is 2.11. The van der Waals surface area contributed by atoms with Crippen LogP contribution in [0.25, 0.3) is 0 Å². The molecule has 2 N–H and O–H groups in total. The zero-order valence-electron chi connectivity index (χ0n) is 13.7. The molecule has 1 aliphatic rings. The summed E-state index contributed by atoms with van der Waals surface area (Å²) in [7, 11) is 0. The number of hydrogen-bond acceptors (Lipinski definition) is 3. The molecule has 1 aromatic carbocycles. The van der Waals surface area contributed by atoms with Crippen LogP contribution in [0.2, 0.25) is 0 Å². The minimum Gasteiger partial charge on any atom is -0.338 e. The van der Waals surface area contributed by atoms with Gasteiger partial charge in [-0.2, -0.15) is 5.10 Å². The lowest BCUT2D eigenvalue weighted by molar-refractivity contribution is 0.238. The second kappa shape index (κ2) is 8.29. The Bertz CT molecular complexity index is 680. The highest BCUT2D eigenvalue weighted by molar-refractivity contribution is 5.73. The molecule has 1 atom stereocenters. The Labute approximate surface area is 142 Å². The van der Waals surface area contributed by atoms with Crippen LogP contribution in [0.15, 0.2) is 49.1 Å². The van der Waals surface area contributed by atoms with Crippen molar-refractivity contribution in [3.05, 3.63) is 60.2 Å². The normalized spacial score (nSPS) is 16.8. The van der Waals surface area contributed by atoms with Crippen LogP contribution in [-0.4, -0.2) is 27.3 Å². The van der Waals surface area contributed by atoms with Crippen molar-refractivity contribution in [2.24, 2.45) is 5.92 Å². The van der Waals surface area contributed by atoms with Crippen molar-refractivity contribution in [3.63, 3.8) is 0 Å². The molecule has 0 saturated heterocycles. The summed E-state index contributed by atoms with van der Waals surface area (Å²) in [6.45, 7) is 1.88. The molecular formula is C18H23N5O. The highest BCUT2D eigenvalue weighted by atomic mass is 16.2. The number of amides is 2. The van der Waals surface area contributed by atoms with E-state index in [4.69, 9.17) is 0 Å². The van der Waals surface area contributed by atoms with Gasteiger partial charge in [-0.25, -0.2) is 14.5 Å². The maximum absolute atomic E-state index is 12.0. The zero-order chi connectivity index (χ0) is 16.6. The molecule has 1 heterocycles. The van der Waals surface area contributed by atoms with E-state index in [1.807, 2.05) is 24.3 Å². The van der Waals surface area contributed by atoms with E-state index < -0.39 is 0 Å². The maximum Gasteiger partial charge on any atom is 0.315 e. The molecule has 0 saturated carbocycles. The van der Waals surface area contributed by atoms with Crippen molar-refractivity contribution < 1.29 is 4.79 Å². The van der Waals surface area contributed by atoms with E-state index in [0.717, 1.165) is 36.9 Å². The molecule has 1 unspecified atom stereocenters. The summed E-state index contributed by atoms with van der Waals surface area (Å²) in [6, 6.07) is 7.93. The Balaban J connectivity index is 1.49. The average molecular weight is 325 g/mol. The average Bonchev–Trinajstić information content (AvgIpc) is 3.13. The van der Waals surface area contributed by atoms with Gasteiger partial charge in [-0.15, -0.1) is 0 Å². The van der Waals surface area contributed by atoms with Crippen molar-refractivity contribution in [1.82, 2.24) is 25.4 Å². The van der Waals surface area contributed by atoms with E-state index in [1.54, 1.807) is 11.0 Å². The standard InChI is InChI=1S/C18H23N5O/c24-18(20-10-15-6-2-1-3-7-15)21-11-16-8-4-5-9-17(16)12-23-14-19-13-22-23/h1-2,4-5,8-9,13-15H,3,6-7,10-12H2,(H2,20,21,24). The molecule has 6 nitrogen and oxygen atoms in total. The van der Waals surface area contributed by atoms with E-state index in [9.17, 15) is 4.79 Å². The van der Waals surface area contributed by atoms with Crippen LogP contribution >= 0.6 is 0 Å². The fourth-order valence-corrected chi connectivity index (χ4v) is 2.89. The molecule has 0 fully saturated rings. The number of nitrogens with one attached hydrogen (secondary N) is 2. The minimum atomic E-state index is -0.111. The van der Waals surface area contributed by atoms with Crippen LogP contribution < -0.4 is 10.6 Å². The van der Waals surface area contributed by atoms with Crippen LogP contribution in [0.3, 0.4) is 0 Å². The lowest BCUT2D eigenvalue weighted by Gasteiger charge is -2.18. The SMILES string of the molecule is O=C(NCc1ccccc1Cn1cncn1)NCC1CC=CCC1. The summed E-state index contributed by atoms with van der Waals surface area (Å²) in [5.41, 5.74) is 2.21. The predicted molar refractivity (Wildman–Crippen MR) is 92.3 cm³/mol. The number of carbonyl (C=O) groups excluding carboxylic acids is 1. The number of carbonyl (C=O) groups is 1. The quantitative estimate of drug-likeness (QED) is 0.802. The van der Waals surface area contributed by atoms with E-state index in [0.29, 0.717) is 19.0 Å². The topological polar surface area (TPSA) is 71.8 Å². The molecule has 0 radical (unpaired) electrons. The van der Waals surface area contributed by atoms with Gasteiger partial charge in [0.2, 0.25) is 0 Å². The molecule has 0 spiro atoms. The Kier molecular flexibility index (Phi) is 5.61. The number of rotatable bonds is 6. The van der Waals surface area contributed by atoms with Gasteiger partial charge in [0, 0.05) is 13.1 Å². The van der Waals surface area contributed by atoms with Crippen molar-refractivity contribution >= 4 is 6.03 Å². The smallest absolute Gasteiger partial charge is 0.315 e. The third-order valence-electron chi connectivity index (χ3n) is 4.29. The van der Waals surface area contributed by atoms with Gasteiger partial charge >= 0.3 is 6.03 Å². The van der Waals surface area contributed by atoms with E-state index in [1.165, 1.54) is 6.33 Å². The number of nitrogens with zero attached hydrogens (tertiary/aromatic N) is 3. The van der Waals surface area contributed by atoms with Gasteiger partial charge in [0.05, 0.1) is 6.54 Å².